The number of carbonyl (C=O) groups excluding carboxylic acids is 1. The van der Waals surface area contributed by atoms with Crippen LogP contribution >= 0.6 is 15.9 Å². The summed E-state index contributed by atoms with van der Waals surface area (Å²) in [4.78, 5) is 16.3. The van der Waals surface area contributed by atoms with E-state index in [1.165, 1.54) is 5.56 Å². The number of hydrogen-bond donors (Lipinski definition) is 1. The highest BCUT2D eigenvalue weighted by atomic mass is 79.9. The van der Waals surface area contributed by atoms with Crippen molar-refractivity contribution < 1.29 is 9.32 Å². The van der Waals surface area contributed by atoms with Crippen LogP contribution in [0.4, 0.5) is 5.69 Å². The maximum atomic E-state index is 12.0. The first-order chi connectivity index (χ1) is 11.6. The molecule has 0 saturated heterocycles. The molecule has 1 amide bonds. The number of amides is 1. The largest absolute Gasteiger partial charge is 0.339 e. The monoisotopic (exact) mass is 385 g/mol. The first kappa shape index (κ1) is 16.4. The summed E-state index contributed by atoms with van der Waals surface area (Å²) in [5.41, 5.74) is 2.82. The van der Waals surface area contributed by atoms with Crippen molar-refractivity contribution in [2.24, 2.45) is 0 Å². The molecule has 0 atom stereocenters. The molecule has 0 radical (unpaired) electrons. The second-order valence-electron chi connectivity index (χ2n) is 5.44. The summed E-state index contributed by atoms with van der Waals surface area (Å²) in [6.45, 7) is 2.02. The zero-order chi connectivity index (χ0) is 16.9. The van der Waals surface area contributed by atoms with E-state index in [9.17, 15) is 4.79 Å². The lowest BCUT2D eigenvalue weighted by atomic mass is 10.1. The Balaban J connectivity index is 1.57. The van der Waals surface area contributed by atoms with Crippen LogP contribution in [0, 0.1) is 6.92 Å². The van der Waals surface area contributed by atoms with Gasteiger partial charge in [-0.2, -0.15) is 4.98 Å². The lowest BCUT2D eigenvalue weighted by molar-refractivity contribution is -0.116. The third-order valence-corrected chi connectivity index (χ3v) is 3.95. The Hall–Kier alpha value is -2.47. The van der Waals surface area contributed by atoms with E-state index in [-0.39, 0.29) is 12.3 Å². The lowest BCUT2D eigenvalue weighted by Crippen LogP contribution is -2.12. The Bertz CT molecular complexity index is 843. The molecule has 24 heavy (non-hydrogen) atoms. The molecule has 0 fully saturated rings. The van der Waals surface area contributed by atoms with Crippen LogP contribution in [0.15, 0.2) is 57.5 Å². The van der Waals surface area contributed by atoms with Gasteiger partial charge >= 0.3 is 0 Å². The zero-order valence-corrected chi connectivity index (χ0v) is 14.7. The highest BCUT2D eigenvalue weighted by Crippen LogP contribution is 2.18. The molecule has 1 heterocycles. The average molecular weight is 386 g/mol. The minimum Gasteiger partial charge on any atom is -0.339 e. The Labute approximate surface area is 148 Å². The number of aromatic nitrogens is 2. The van der Waals surface area contributed by atoms with Crippen LogP contribution in [0.5, 0.6) is 0 Å². The summed E-state index contributed by atoms with van der Waals surface area (Å²) >= 11 is 3.37. The normalized spacial score (nSPS) is 10.6. The number of aryl methyl sites for hydroxylation is 2. The van der Waals surface area contributed by atoms with Gasteiger partial charge in [-0.15, -0.1) is 0 Å². The molecule has 0 unspecified atom stereocenters. The minimum atomic E-state index is -0.0943. The molecule has 0 saturated carbocycles. The zero-order valence-electron chi connectivity index (χ0n) is 13.1. The minimum absolute atomic E-state index is 0.0943. The van der Waals surface area contributed by atoms with Gasteiger partial charge in [0.2, 0.25) is 17.6 Å². The van der Waals surface area contributed by atoms with E-state index in [0.717, 1.165) is 15.7 Å². The number of halogens is 1. The smallest absolute Gasteiger partial charge is 0.227 e. The van der Waals surface area contributed by atoms with Crippen LogP contribution in [-0.4, -0.2) is 16.0 Å². The van der Waals surface area contributed by atoms with E-state index in [2.05, 4.69) is 31.4 Å². The number of hydrogen-bond acceptors (Lipinski definition) is 4. The van der Waals surface area contributed by atoms with Gasteiger partial charge in [0.15, 0.2) is 0 Å². The molecule has 6 heteroatoms. The van der Waals surface area contributed by atoms with Gasteiger partial charge in [0.25, 0.3) is 0 Å². The van der Waals surface area contributed by atoms with Crippen molar-refractivity contribution in [1.82, 2.24) is 10.1 Å². The van der Waals surface area contributed by atoms with Crippen LogP contribution in [0.2, 0.25) is 0 Å². The van der Waals surface area contributed by atoms with Gasteiger partial charge in [0.05, 0.1) is 0 Å². The van der Waals surface area contributed by atoms with Crippen LogP contribution < -0.4 is 5.32 Å². The van der Waals surface area contributed by atoms with Crippen molar-refractivity contribution in [1.29, 1.82) is 0 Å². The summed E-state index contributed by atoms with van der Waals surface area (Å²) in [6, 6.07) is 15.3. The highest BCUT2D eigenvalue weighted by Gasteiger charge is 2.11. The number of anilines is 1. The molecule has 0 bridgehead atoms. The SMILES string of the molecule is Cc1ccc(-c2noc(CCC(=O)Nc3cccc(Br)c3)n2)cc1. The van der Waals surface area contributed by atoms with Gasteiger partial charge in [-0.05, 0) is 25.1 Å². The summed E-state index contributed by atoms with van der Waals surface area (Å²) < 4.78 is 6.14. The molecule has 122 valence electrons. The molecule has 2 aromatic carbocycles. The molecule has 5 nitrogen and oxygen atoms in total. The van der Waals surface area contributed by atoms with Crippen LogP contribution in [0.3, 0.4) is 0 Å². The average Bonchev–Trinajstić information content (AvgIpc) is 3.03. The first-order valence-corrected chi connectivity index (χ1v) is 8.34. The van der Waals surface area contributed by atoms with Crippen LogP contribution in [-0.2, 0) is 11.2 Å². The molecule has 1 N–H and O–H groups in total. The Morgan fingerprint density at radius 2 is 2.00 bits per heavy atom. The van der Waals surface area contributed by atoms with Gasteiger partial charge in [0.1, 0.15) is 0 Å². The van der Waals surface area contributed by atoms with Crippen molar-refractivity contribution in [2.45, 2.75) is 19.8 Å². The summed E-state index contributed by atoms with van der Waals surface area (Å²) in [5, 5.41) is 6.80. The van der Waals surface area contributed by atoms with Crippen LogP contribution in [0.25, 0.3) is 11.4 Å². The fourth-order valence-corrected chi connectivity index (χ4v) is 2.59. The quantitative estimate of drug-likeness (QED) is 0.707. The van der Waals surface area contributed by atoms with Gasteiger partial charge in [0, 0.05) is 28.6 Å². The number of nitrogens with zero attached hydrogens (tertiary/aromatic N) is 2. The van der Waals surface area contributed by atoms with Crippen molar-refractivity contribution in [3.05, 3.63) is 64.5 Å². The van der Waals surface area contributed by atoms with Crippen LogP contribution in [0.1, 0.15) is 17.9 Å². The van der Waals surface area contributed by atoms with E-state index in [4.69, 9.17) is 4.52 Å². The Morgan fingerprint density at radius 1 is 1.21 bits per heavy atom. The number of nitrogens with one attached hydrogen (secondary N) is 1. The van der Waals surface area contributed by atoms with Gasteiger partial charge < -0.3 is 9.84 Å². The predicted molar refractivity (Wildman–Crippen MR) is 95.6 cm³/mol. The first-order valence-electron chi connectivity index (χ1n) is 7.55. The van der Waals surface area contributed by atoms with Gasteiger partial charge in [-0.3, -0.25) is 4.79 Å². The van der Waals surface area contributed by atoms with Gasteiger partial charge in [-0.25, -0.2) is 0 Å². The van der Waals surface area contributed by atoms with E-state index >= 15 is 0 Å². The van der Waals surface area contributed by atoms with Crippen molar-refractivity contribution >= 4 is 27.5 Å². The highest BCUT2D eigenvalue weighted by molar-refractivity contribution is 9.10. The van der Waals surface area contributed by atoms with E-state index in [1.807, 2.05) is 55.5 Å². The fourth-order valence-electron chi connectivity index (χ4n) is 2.19. The summed E-state index contributed by atoms with van der Waals surface area (Å²) in [5.74, 6) is 0.899. The molecular formula is C18H16BrN3O2. The third kappa shape index (κ3) is 4.29. The van der Waals surface area contributed by atoms with E-state index < -0.39 is 0 Å². The number of rotatable bonds is 5. The van der Waals surface area contributed by atoms with Crippen molar-refractivity contribution in [3.63, 3.8) is 0 Å². The molecular weight excluding hydrogens is 370 g/mol. The molecule has 3 aromatic rings. The molecule has 3 rings (SSSR count). The number of benzene rings is 2. The van der Waals surface area contributed by atoms with E-state index in [0.29, 0.717) is 18.1 Å². The summed E-state index contributed by atoms with van der Waals surface area (Å²) in [7, 11) is 0. The maximum absolute atomic E-state index is 12.0. The Kier molecular flexibility index (Phi) is 5.05. The lowest BCUT2D eigenvalue weighted by Gasteiger charge is -2.04. The predicted octanol–water partition coefficient (Wildman–Crippen LogP) is 4.38. The molecule has 1 aromatic heterocycles. The topological polar surface area (TPSA) is 68.0 Å². The Morgan fingerprint density at radius 3 is 2.75 bits per heavy atom. The molecule has 0 spiro atoms. The molecule has 0 aliphatic carbocycles. The summed E-state index contributed by atoms with van der Waals surface area (Å²) in [6.07, 6.45) is 0.681. The standard InChI is InChI=1S/C18H16BrN3O2/c1-12-5-7-13(8-6-12)18-21-17(24-22-18)10-9-16(23)20-15-4-2-3-14(19)11-15/h2-8,11H,9-10H2,1H3,(H,20,23). The van der Waals surface area contributed by atoms with Crippen molar-refractivity contribution in [2.75, 3.05) is 5.32 Å². The molecule has 0 aliphatic heterocycles. The van der Waals surface area contributed by atoms with Crippen molar-refractivity contribution in [3.8, 4) is 11.4 Å². The van der Waals surface area contributed by atoms with Gasteiger partial charge in [-0.1, -0.05) is 57.0 Å². The maximum Gasteiger partial charge on any atom is 0.227 e. The second kappa shape index (κ2) is 7.40. The molecule has 0 aliphatic rings. The number of carbonyl (C=O) groups is 1. The fraction of sp³-hybridized carbons (Fsp3) is 0.167. The third-order valence-electron chi connectivity index (χ3n) is 3.45. The second-order valence-corrected chi connectivity index (χ2v) is 6.35. The van der Waals surface area contributed by atoms with E-state index in [1.54, 1.807) is 0 Å².